The first kappa shape index (κ1) is 13.8. The minimum Gasteiger partial charge on any atom is -0.503 e. The van der Waals surface area contributed by atoms with Crippen LogP contribution in [0, 0.1) is 0 Å². The summed E-state index contributed by atoms with van der Waals surface area (Å²) in [6.45, 7) is 3.06. The van der Waals surface area contributed by atoms with Gasteiger partial charge in [-0.2, -0.15) is 0 Å². The molecule has 3 nitrogen and oxygen atoms in total. The summed E-state index contributed by atoms with van der Waals surface area (Å²) < 4.78 is 17.1. The molecule has 2 aromatic carbocycles. The van der Waals surface area contributed by atoms with Gasteiger partial charge in [0.05, 0.1) is 6.61 Å². The Morgan fingerprint density at radius 2 is 1.47 bits per heavy atom. The molecule has 0 radical (unpaired) electrons. The fraction of sp³-hybridized carbons (Fsp3) is 0.200. The van der Waals surface area contributed by atoms with Gasteiger partial charge >= 0.3 is 9.53 Å². The minimum atomic E-state index is -2.13. The van der Waals surface area contributed by atoms with Gasteiger partial charge in [-0.05, 0) is 24.6 Å². The predicted octanol–water partition coefficient (Wildman–Crippen LogP) is 3.04. The van der Waals surface area contributed by atoms with Crippen LogP contribution in [0.4, 0.5) is 0 Å². The van der Waals surface area contributed by atoms with Gasteiger partial charge in [0.2, 0.25) is 0 Å². The van der Waals surface area contributed by atoms with Crippen LogP contribution in [0.5, 0.6) is 5.75 Å². The zero-order chi connectivity index (χ0) is 13.3. The van der Waals surface area contributed by atoms with Crippen LogP contribution < -0.4 is 4.43 Å². The summed E-state index contributed by atoms with van der Waals surface area (Å²) >= 11 is 0. The van der Waals surface area contributed by atoms with E-state index >= 15 is 0 Å². The molecular weight excluding hydrogens is 256 g/mol. The second-order valence-electron chi connectivity index (χ2n) is 3.97. The van der Waals surface area contributed by atoms with Crippen molar-refractivity contribution in [2.24, 2.45) is 0 Å². The van der Waals surface area contributed by atoms with E-state index in [0.717, 1.165) is 11.3 Å². The molecular formula is C15H18O3Si. The summed E-state index contributed by atoms with van der Waals surface area (Å²) in [7, 11) is -2.13. The van der Waals surface area contributed by atoms with Crippen molar-refractivity contribution in [1.82, 2.24) is 0 Å². The number of para-hydroxylation sites is 1. The van der Waals surface area contributed by atoms with Crippen LogP contribution in [0.3, 0.4) is 0 Å². The molecule has 2 aromatic rings. The zero-order valence-electron chi connectivity index (χ0n) is 11.0. The van der Waals surface area contributed by atoms with Crippen molar-refractivity contribution in [3.63, 3.8) is 0 Å². The summed E-state index contributed by atoms with van der Waals surface area (Å²) in [5, 5.41) is 0. The average Bonchev–Trinajstić information content (AvgIpc) is 2.47. The van der Waals surface area contributed by atoms with Gasteiger partial charge in [0.25, 0.3) is 0 Å². The van der Waals surface area contributed by atoms with Gasteiger partial charge in [0.1, 0.15) is 5.75 Å². The van der Waals surface area contributed by atoms with Crippen molar-refractivity contribution in [1.29, 1.82) is 0 Å². The summed E-state index contributed by atoms with van der Waals surface area (Å²) in [5.74, 6) is 0.792. The van der Waals surface area contributed by atoms with Crippen molar-refractivity contribution < 1.29 is 13.3 Å². The number of benzene rings is 2. The van der Waals surface area contributed by atoms with E-state index in [-0.39, 0.29) is 0 Å². The largest absolute Gasteiger partial charge is 0.549 e. The molecule has 0 bridgehead atoms. The Morgan fingerprint density at radius 3 is 2.11 bits per heavy atom. The van der Waals surface area contributed by atoms with Gasteiger partial charge < -0.3 is 13.3 Å². The second-order valence-corrected chi connectivity index (χ2v) is 5.45. The van der Waals surface area contributed by atoms with Gasteiger partial charge in [0.15, 0.2) is 0 Å². The molecule has 4 heteroatoms. The van der Waals surface area contributed by atoms with E-state index in [1.165, 1.54) is 0 Å². The Bertz CT molecular complexity index is 461. The monoisotopic (exact) mass is 274 g/mol. The quantitative estimate of drug-likeness (QED) is 0.726. The fourth-order valence-corrected chi connectivity index (χ4v) is 2.81. The molecule has 0 saturated carbocycles. The Balaban J connectivity index is 1.89. The van der Waals surface area contributed by atoms with E-state index in [2.05, 4.69) is 0 Å². The molecule has 19 heavy (non-hydrogen) atoms. The highest BCUT2D eigenvalue weighted by atomic mass is 28.3. The first-order valence-electron chi connectivity index (χ1n) is 6.37. The third-order valence-electron chi connectivity index (χ3n) is 2.51. The van der Waals surface area contributed by atoms with Crippen molar-refractivity contribution in [3.8, 4) is 5.75 Å². The lowest BCUT2D eigenvalue weighted by atomic mass is 10.2. The maximum absolute atomic E-state index is 5.77. The smallest absolute Gasteiger partial charge is 0.503 e. The molecule has 0 spiro atoms. The molecule has 2 rings (SSSR count). The molecule has 1 atom stereocenters. The summed E-state index contributed by atoms with van der Waals surface area (Å²) in [6.07, 6.45) is 0. The van der Waals surface area contributed by atoms with Gasteiger partial charge in [-0.3, -0.25) is 0 Å². The maximum atomic E-state index is 5.77. The average molecular weight is 274 g/mol. The molecule has 0 heterocycles. The highest BCUT2D eigenvalue weighted by Gasteiger charge is 2.16. The Labute approximate surface area is 115 Å². The van der Waals surface area contributed by atoms with Crippen LogP contribution in [0.1, 0.15) is 12.5 Å². The Morgan fingerprint density at radius 1 is 0.842 bits per heavy atom. The van der Waals surface area contributed by atoms with E-state index in [1.807, 2.05) is 67.6 Å². The topological polar surface area (TPSA) is 27.7 Å². The fourth-order valence-electron chi connectivity index (χ4n) is 1.60. The first-order valence-corrected chi connectivity index (χ1v) is 7.78. The van der Waals surface area contributed by atoms with Crippen LogP contribution in [-0.2, 0) is 15.5 Å². The lowest BCUT2D eigenvalue weighted by Crippen LogP contribution is -2.30. The van der Waals surface area contributed by atoms with Crippen LogP contribution in [-0.4, -0.2) is 16.1 Å². The van der Waals surface area contributed by atoms with Crippen LogP contribution in [0.15, 0.2) is 60.7 Å². The molecule has 0 saturated heterocycles. The molecule has 0 N–H and O–H groups in total. The molecule has 0 amide bonds. The van der Waals surface area contributed by atoms with Crippen molar-refractivity contribution >= 4 is 9.53 Å². The standard InChI is InChI=1S/C15H18O3Si/c1-2-16-19(18-15-11-7-4-8-12-15)17-13-14-9-5-3-6-10-14/h3-12,19H,2,13H2,1H3. The highest BCUT2D eigenvalue weighted by Crippen LogP contribution is 2.11. The van der Waals surface area contributed by atoms with Crippen molar-refractivity contribution in [2.45, 2.75) is 13.5 Å². The maximum Gasteiger partial charge on any atom is 0.549 e. The molecule has 1 unspecified atom stereocenters. The van der Waals surface area contributed by atoms with Gasteiger partial charge in [-0.15, -0.1) is 0 Å². The molecule has 0 aliphatic carbocycles. The number of hydrogen-bond acceptors (Lipinski definition) is 3. The number of hydrogen-bond donors (Lipinski definition) is 0. The Kier molecular flexibility index (Phi) is 5.62. The Hall–Kier alpha value is -1.62. The van der Waals surface area contributed by atoms with E-state index < -0.39 is 9.53 Å². The zero-order valence-corrected chi connectivity index (χ0v) is 12.1. The van der Waals surface area contributed by atoms with Crippen LogP contribution in [0.25, 0.3) is 0 Å². The third kappa shape index (κ3) is 4.87. The lowest BCUT2D eigenvalue weighted by Gasteiger charge is -2.16. The minimum absolute atomic E-state index is 0.518. The van der Waals surface area contributed by atoms with E-state index in [9.17, 15) is 0 Å². The summed E-state index contributed by atoms with van der Waals surface area (Å²) in [4.78, 5) is 0. The van der Waals surface area contributed by atoms with E-state index in [0.29, 0.717) is 13.2 Å². The SMILES string of the molecule is CCO[SiH](OCc1ccccc1)Oc1ccccc1. The molecule has 0 fully saturated rings. The van der Waals surface area contributed by atoms with Crippen LogP contribution in [0.2, 0.25) is 0 Å². The van der Waals surface area contributed by atoms with E-state index in [4.69, 9.17) is 13.3 Å². The molecule has 0 aliphatic heterocycles. The first-order chi connectivity index (χ1) is 9.38. The predicted molar refractivity (Wildman–Crippen MR) is 77.1 cm³/mol. The summed E-state index contributed by atoms with van der Waals surface area (Å²) in [5.41, 5.74) is 1.12. The second kappa shape index (κ2) is 7.73. The highest BCUT2D eigenvalue weighted by molar-refractivity contribution is 6.37. The van der Waals surface area contributed by atoms with Gasteiger partial charge in [-0.25, -0.2) is 0 Å². The van der Waals surface area contributed by atoms with Gasteiger partial charge in [-0.1, -0.05) is 48.5 Å². The van der Waals surface area contributed by atoms with E-state index in [1.54, 1.807) is 0 Å². The van der Waals surface area contributed by atoms with Crippen molar-refractivity contribution in [3.05, 3.63) is 66.2 Å². The normalized spacial score (nSPS) is 12.1. The molecule has 0 aliphatic rings. The third-order valence-corrected chi connectivity index (χ3v) is 4.02. The summed E-state index contributed by atoms with van der Waals surface area (Å²) in [6, 6.07) is 19.7. The van der Waals surface area contributed by atoms with Gasteiger partial charge in [0, 0.05) is 6.61 Å². The van der Waals surface area contributed by atoms with Crippen LogP contribution >= 0.6 is 0 Å². The molecule has 100 valence electrons. The lowest BCUT2D eigenvalue weighted by molar-refractivity contribution is 0.139. The number of rotatable bonds is 7. The van der Waals surface area contributed by atoms with Crippen molar-refractivity contribution in [2.75, 3.05) is 6.61 Å². The molecule has 0 aromatic heterocycles.